The van der Waals surface area contributed by atoms with Crippen LogP contribution in [-0.2, 0) is 9.53 Å². The van der Waals surface area contributed by atoms with Gasteiger partial charge in [0.25, 0.3) is 0 Å². The van der Waals surface area contributed by atoms with Gasteiger partial charge in [-0.2, -0.15) is 0 Å². The summed E-state index contributed by atoms with van der Waals surface area (Å²) in [5.41, 5.74) is 5.44. The zero-order valence-corrected chi connectivity index (χ0v) is 9.66. The van der Waals surface area contributed by atoms with Crippen molar-refractivity contribution in [1.82, 2.24) is 5.32 Å². The number of nitrogens with two attached hydrogens (primary N) is 1. The van der Waals surface area contributed by atoms with Crippen LogP contribution in [0.25, 0.3) is 0 Å². The largest absolute Gasteiger partial charge is 0.461 e. The van der Waals surface area contributed by atoms with Gasteiger partial charge in [-0.3, -0.25) is 4.79 Å². The molecule has 0 amide bonds. The molecule has 0 bridgehead atoms. The van der Waals surface area contributed by atoms with E-state index in [2.05, 4.69) is 12.2 Å². The summed E-state index contributed by atoms with van der Waals surface area (Å²) in [6.45, 7) is 4.78. The predicted octanol–water partition coefficient (Wildman–Crippen LogP) is 0.797. The maximum absolute atomic E-state index is 11.3. The minimum absolute atomic E-state index is 0.0819. The molecule has 1 saturated carbocycles. The van der Waals surface area contributed by atoms with Gasteiger partial charge in [0.1, 0.15) is 12.1 Å². The second-order valence-corrected chi connectivity index (χ2v) is 4.26. The van der Waals surface area contributed by atoms with Crippen LogP contribution < -0.4 is 11.1 Å². The van der Waals surface area contributed by atoms with Crippen molar-refractivity contribution in [3.63, 3.8) is 0 Å². The Labute approximate surface area is 91.5 Å². The molecule has 1 atom stereocenters. The number of ether oxygens (including phenoxy) is 1. The van der Waals surface area contributed by atoms with Crippen LogP contribution in [0.2, 0.25) is 0 Å². The lowest BCUT2D eigenvalue weighted by molar-refractivity contribution is -0.151. The monoisotopic (exact) mass is 214 g/mol. The zero-order valence-electron chi connectivity index (χ0n) is 9.66. The maximum Gasteiger partial charge on any atom is 0.322 e. The average molecular weight is 214 g/mol. The molecule has 0 aromatic heterocycles. The van der Waals surface area contributed by atoms with Gasteiger partial charge in [-0.1, -0.05) is 6.92 Å². The fraction of sp³-hybridized carbons (Fsp3) is 0.909. The van der Waals surface area contributed by atoms with E-state index in [1.54, 1.807) is 6.92 Å². The lowest BCUT2D eigenvalue weighted by atomic mass is 9.93. The van der Waals surface area contributed by atoms with Gasteiger partial charge in [0, 0.05) is 6.04 Å². The summed E-state index contributed by atoms with van der Waals surface area (Å²) in [6.07, 6.45) is 4.17. The van der Waals surface area contributed by atoms with E-state index in [9.17, 15) is 4.79 Å². The first-order chi connectivity index (χ1) is 7.13. The zero-order chi connectivity index (χ0) is 11.3. The molecule has 0 saturated heterocycles. The van der Waals surface area contributed by atoms with Crippen LogP contribution in [0.3, 0.4) is 0 Å². The Bertz CT molecular complexity index is 199. The SMILES string of the molecule is CCNC1CCC(OC(=O)[C@H](C)N)CC1. The average Bonchev–Trinajstić information content (AvgIpc) is 2.21. The van der Waals surface area contributed by atoms with E-state index in [4.69, 9.17) is 10.5 Å². The third-order valence-electron chi connectivity index (χ3n) is 2.82. The predicted molar refractivity (Wildman–Crippen MR) is 59.5 cm³/mol. The lowest BCUT2D eigenvalue weighted by Crippen LogP contribution is -2.38. The Kier molecular flexibility index (Phi) is 5.05. The van der Waals surface area contributed by atoms with Gasteiger partial charge in [0.05, 0.1) is 0 Å². The summed E-state index contributed by atoms with van der Waals surface area (Å²) in [5, 5.41) is 3.42. The van der Waals surface area contributed by atoms with E-state index in [1.807, 2.05) is 0 Å². The summed E-state index contributed by atoms with van der Waals surface area (Å²) < 4.78 is 5.29. The van der Waals surface area contributed by atoms with Crippen LogP contribution in [0.5, 0.6) is 0 Å². The van der Waals surface area contributed by atoms with Crippen molar-refractivity contribution in [3.8, 4) is 0 Å². The molecule has 3 N–H and O–H groups in total. The number of nitrogens with one attached hydrogen (secondary N) is 1. The molecule has 15 heavy (non-hydrogen) atoms. The number of rotatable bonds is 4. The molecule has 1 rings (SSSR count). The fourth-order valence-electron chi connectivity index (χ4n) is 1.95. The Morgan fingerprint density at radius 2 is 2.07 bits per heavy atom. The van der Waals surface area contributed by atoms with Crippen molar-refractivity contribution in [3.05, 3.63) is 0 Å². The van der Waals surface area contributed by atoms with Gasteiger partial charge in [-0.15, -0.1) is 0 Å². The summed E-state index contributed by atoms with van der Waals surface area (Å²) in [4.78, 5) is 11.3. The summed E-state index contributed by atoms with van der Waals surface area (Å²) in [6, 6.07) is 0.0942. The quantitative estimate of drug-likeness (QED) is 0.679. The number of hydrogen-bond acceptors (Lipinski definition) is 4. The van der Waals surface area contributed by atoms with Gasteiger partial charge >= 0.3 is 5.97 Å². The van der Waals surface area contributed by atoms with Crippen LogP contribution in [0, 0.1) is 0 Å². The molecule has 0 radical (unpaired) electrons. The highest BCUT2D eigenvalue weighted by atomic mass is 16.5. The van der Waals surface area contributed by atoms with E-state index >= 15 is 0 Å². The van der Waals surface area contributed by atoms with E-state index < -0.39 is 6.04 Å². The second kappa shape index (κ2) is 6.08. The first-order valence-corrected chi connectivity index (χ1v) is 5.83. The maximum atomic E-state index is 11.3. The lowest BCUT2D eigenvalue weighted by Gasteiger charge is -2.29. The topological polar surface area (TPSA) is 64.3 Å². The van der Waals surface area contributed by atoms with Crippen molar-refractivity contribution in [2.24, 2.45) is 5.73 Å². The number of carbonyl (C=O) groups excluding carboxylic acids is 1. The first-order valence-electron chi connectivity index (χ1n) is 5.83. The number of esters is 1. The number of carbonyl (C=O) groups is 1. The van der Waals surface area contributed by atoms with Gasteiger partial charge in [-0.05, 0) is 39.2 Å². The minimum Gasteiger partial charge on any atom is -0.461 e. The van der Waals surface area contributed by atoms with Crippen LogP contribution >= 0.6 is 0 Å². The van der Waals surface area contributed by atoms with Crippen molar-refractivity contribution < 1.29 is 9.53 Å². The van der Waals surface area contributed by atoms with Crippen LogP contribution in [0.15, 0.2) is 0 Å². The van der Waals surface area contributed by atoms with E-state index in [0.29, 0.717) is 6.04 Å². The Hall–Kier alpha value is -0.610. The molecule has 1 aliphatic carbocycles. The highest BCUT2D eigenvalue weighted by Gasteiger charge is 2.24. The molecule has 0 aromatic rings. The highest BCUT2D eigenvalue weighted by Crippen LogP contribution is 2.21. The minimum atomic E-state index is -0.503. The number of hydrogen-bond donors (Lipinski definition) is 2. The van der Waals surface area contributed by atoms with Crippen LogP contribution in [0.1, 0.15) is 39.5 Å². The fourth-order valence-corrected chi connectivity index (χ4v) is 1.95. The molecular weight excluding hydrogens is 192 g/mol. The smallest absolute Gasteiger partial charge is 0.322 e. The molecule has 0 aliphatic heterocycles. The molecule has 0 aromatic carbocycles. The standard InChI is InChI=1S/C11H22N2O2/c1-3-13-9-4-6-10(7-5-9)15-11(14)8(2)12/h8-10,13H,3-7,12H2,1-2H3/t8-,9?,10?/m0/s1. The van der Waals surface area contributed by atoms with Crippen molar-refractivity contribution in [1.29, 1.82) is 0 Å². The summed E-state index contributed by atoms with van der Waals surface area (Å²) in [5.74, 6) is -0.276. The summed E-state index contributed by atoms with van der Waals surface area (Å²) in [7, 11) is 0. The van der Waals surface area contributed by atoms with E-state index in [0.717, 1.165) is 32.2 Å². The summed E-state index contributed by atoms with van der Waals surface area (Å²) >= 11 is 0. The molecule has 4 heteroatoms. The molecule has 0 unspecified atom stereocenters. The molecular formula is C11H22N2O2. The first kappa shape index (κ1) is 12.5. The van der Waals surface area contributed by atoms with E-state index in [-0.39, 0.29) is 12.1 Å². The molecule has 1 fully saturated rings. The highest BCUT2D eigenvalue weighted by molar-refractivity contribution is 5.75. The molecule has 0 heterocycles. The normalized spacial score (nSPS) is 28.5. The second-order valence-electron chi connectivity index (χ2n) is 4.26. The molecule has 4 nitrogen and oxygen atoms in total. The van der Waals surface area contributed by atoms with Gasteiger partial charge < -0.3 is 15.8 Å². The van der Waals surface area contributed by atoms with Gasteiger partial charge in [0.15, 0.2) is 0 Å². The Morgan fingerprint density at radius 3 is 2.53 bits per heavy atom. The Balaban J connectivity index is 2.22. The van der Waals surface area contributed by atoms with Crippen LogP contribution in [-0.4, -0.2) is 30.7 Å². The molecule has 0 spiro atoms. The molecule has 1 aliphatic rings. The van der Waals surface area contributed by atoms with Crippen molar-refractivity contribution in [2.75, 3.05) is 6.54 Å². The third kappa shape index (κ3) is 4.18. The van der Waals surface area contributed by atoms with Crippen molar-refractivity contribution in [2.45, 2.75) is 57.7 Å². The van der Waals surface area contributed by atoms with Gasteiger partial charge in [-0.25, -0.2) is 0 Å². The van der Waals surface area contributed by atoms with Crippen molar-refractivity contribution >= 4 is 5.97 Å². The van der Waals surface area contributed by atoms with Crippen LogP contribution in [0.4, 0.5) is 0 Å². The van der Waals surface area contributed by atoms with E-state index in [1.165, 1.54) is 0 Å². The third-order valence-corrected chi connectivity index (χ3v) is 2.82. The molecule has 88 valence electrons. The van der Waals surface area contributed by atoms with Gasteiger partial charge in [0.2, 0.25) is 0 Å². The Morgan fingerprint density at radius 1 is 1.47 bits per heavy atom.